The van der Waals surface area contributed by atoms with E-state index >= 15 is 0 Å². The van der Waals surface area contributed by atoms with Crippen molar-refractivity contribution in [1.82, 2.24) is 0 Å². The van der Waals surface area contributed by atoms with Crippen molar-refractivity contribution in [1.29, 1.82) is 0 Å². The van der Waals surface area contributed by atoms with Crippen molar-refractivity contribution in [3.63, 3.8) is 0 Å². The standard InChI is InChI=1S/C14H21NO2/c1-10(15)14(7-8-16)6-5-11-3-4-12(17-2)9-13(11)14/h3-4,9-10,16H,5-8,15H2,1-2H3. The Balaban J connectivity index is 2.47. The Labute approximate surface area is 103 Å². The second-order valence-electron chi connectivity index (χ2n) is 4.94. The van der Waals surface area contributed by atoms with E-state index < -0.39 is 0 Å². The number of methoxy groups -OCH3 is 1. The van der Waals surface area contributed by atoms with E-state index in [-0.39, 0.29) is 18.1 Å². The molecule has 3 heteroatoms. The maximum atomic E-state index is 9.31. The fraction of sp³-hybridized carbons (Fsp3) is 0.571. The Kier molecular flexibility index (Phi) is 3.40. The average Bonchev–Trinajstić information content (AvgIpc) is 2.69. The van der Waals surface area contributed by atoms with Crippen molar-refractivity contribution >= 4 is 0 Å². The minimum atomic E-state index is -0.0847. The highest BCUT2D eigenvalue weighted by Crippen LogP contribution is 2.44. The van der Waals surface area contributed by atoms with Gasteiger partial charge in [0.15, 0.2) is 0 Å². The van der Waals surface area contributed by atoms with E-state index in [4.69, 9.17) is 10.5 Å². The lowest BCUT2D eigenvalue weighted by atomic mass is 9.73. The van der Waals surface area contributed by atoms with E-state index in [1.54, 1.807) is 7.11 Å². The molecule has 1 aromatic rings. The van der Waals surface area contributed by atoms with Crippen LogP contribution in [-0.4, -0.2) is 24.9 Å². The van der Waals surface area contributed by atoms with Crippen LogP contribution in [0.5, 0.6) is 5.75 Å². The second kappa shape index (κ2) is 4.67. The number of ether oxygens (including phenoxy) is 1. The molecule has 1 aromatic carbocycles. The van der Waals surface area contributed by atoms with Gasteiger partial charge < -0.3 is 15.6 Å². The van der Waals surface area contributed by atoms with Crippen LogP contribution in [0.15, 0.2) is 18.2 Å². The minimum absolute atomic E-state index is 0.0445. The number of benzene rings is 1. The molecule has 2 unspecified atom stereocenters. The summed E-state index contributed by atoms with van der Waals surface area (Å²) < 4.78 is 5.29. The van der Waals surface area contributed by atoms with Gasteiger partial charge in [-0.15, -0.1) is 0 Å². The summed E-state index contributed by atoms with van der Waals surface area (Å²) in [7, 11) is 1.68. The Morgan fingerprint density at radius 3 is 2.88 bits per heavy atom. The summed E-state index contributed by atoms with van der Waals surface area (Å²) in [6, 6.07) is 6.24. The summed E-state index contributed by atoms with van der Waals surface area (Å²) in [4.78, 5) is 0. The molecule has 0 saturated heterocycles. The molecule has 0 fully saturated rings. The van der Waals surface area contributed by atoms with Gasteiger partial charge in [-0.2, -0.15) is 0 Å². The zero-order chi connectivity index (χ0) is 12.5. The molecule has 3 N–H and O–H groups in total. The normalized spacial score (nSPS) is 24.5. The number of hydrogen-bond donors (Lipinski definition) is 2. The van der Waals surface area contributed by atoms with Crippen LogP contribution in [0.2, 0.25) is 0 Å². The molecule has 0 heterocycles. The van der Waals surface area contributed by atoms with Crippen LogP contribution in [0.25, 0.3) is 0 Å². The van der Waals surface area contributed by atoms with Crippen molar-refractivity contribution in [2.24, 2.45) is 5.73 Å². The summed E-state index contributed by atoms with van der Waals surface area (Å²) in [6.07, 6.45) is 2.79. The molecule has 2 rings (SSSR count). The van der Waals surface area contributed by atoms with E-state index in [0.29, 0.717) is 0 Å². The van der Waals surface area contributed by atoms with Crippen LogP contribution < -0.4 is 10.5 Å². The van der Waals surface area contributed by atoms with E-state index in [9.17, 15) is 5.11 Å². The number of nitrogens with two attached hydrogens (primary N) is 1. The highest BCUT2D eigenvalue weighted by molar-refractivity contribution is 5.45. The lowest BCUT2D eigenvalue weighted by Gasteiger charge is -2.34. The lowest BCUT2D eigenvalue weighted by Crippen LogP contribution is -2.42. The first-order chi connectivity index (χ1) is 8.14. The van der Waals surface area contributed by atoms with Gasteiger partial charge >= 0.3 is 0 Å². The second-order valence-corrected chi connectivity index (χ2v) is 4.94. The highest BCUT2D eigenvalue weighted by Gasteiger charge is 2.41. The lowest BCUT2D eigenvalue weighted by molar-refractivity contribution is 0.217. The SMILES string of the molecule is COc1ccc2c(c1)C(CCO)(C(C)N)CC2. The van der Waals surface area contributed by atoms with Gasteiger partial charge in [0.25, 0.3) is 0 Å². The monoisotopic (exact) mass is 235 g/mol. The van der Waals surface area contributed by atoms with Gasteiger partial charge in [0.1, 0.15) is 5.75 Å². The van der Waals surface area contributed by atoms with Crippen LogP contribution in [0.4, 0.5) is 0 Å². The number of aliphatic hydroxyl groups is 1. The molecular formula is C14H21NO2. The van der Waals surface area contributed by atoms with Crippen LogP contribution in [0.3, 0.4) is 0 Å². The van der Waals surface area contributed by atoms with Crippen LogP contribution >= 0.6 is 0 Å². The first-order valence-corrected chi connectivity index (χ1v) is 6.18. The molecule has 1 aliphatic carbocycles. The Morgan fingerprint density at radius 1 is 1.53 bits per heavy atom. The zero-order valence-electron chi connectivity index (χ0n) is 10.6. The van der Waals surface area contributed by atoms with Gasteiger partial charge in [-0.3, -0.25) is 0 Å². The van der Waals surface area contributed by atoms with Crippen molar-refractivity contribution < 1.29 is 9.84 Å². The zero-order valence-corrected chi connectivity index (χ0v) is 10.6. The number of rotatable bonds is 4. The van der Waals surface area contributed by atoms with E-state index in [2.05, 4.69) is 12.1 Å². The molecule has 0 amide bonds. The number of fused-ring (bicyclic) bond motifs is 1. The third kappa shape index (κ3) is 1.94. The predicted octanol–water partition coefficient (Wildman–Crippen LogP) is 1.61. The van der Waals surface area contributed by atoms with Crippen LogP contribution in [0, 0.1) is 0 Å². The molecule has 0 aliphatic heterocycles. The van der Waals surface area contributed by atoms with Gasteiger partial charge in [0, 0.05) is 18.1 Å². The first-order valence-electron chi connectivity index (χ1n) is 6.18. The molecule has 0 radical (unpaired) electrons. The van der Waals surface area contributed by atoms with E-state index in [0.717, 1.165) is 25.0 Å². The Bertz CT molecular complexity index is 399. The summed E-state index contributed by atoms with van der Waals surface area (Å²) in [5, 5.41) is 9.31. The van der Waals surface area contributed by atoms with Gasteiger partial charge in [0.2, 0.25) is 0 Å². The summed E-state index contributed by atoms with van der Waals surface area (Å²) in [6.45, 7) is 2.21. The summed E-state index contributed by atoms with van der Waals surface area (Å²) in [5.41, 5.74) is 8.70. The third-order valence-corrected chi connectivity index (χ3v) is 4.12. The smallest absolute Gasteiger partial charge is 0.119 e. The molecule has 17 heavy (non-hydrogen) atoms. The summed E-state index contributed by atoms with van der Waals surface area (Å²) in [5.74, 6) is 0.869. The van der Waals surface area contributed by atoms with E-state index in [1.165, 1.54) is 11.1 Å². The molecule has 0 aromatic heterocycles. The predicted molar refractivity (Wildman–Crippen MR) is 68.3 cm³/mol. The molecule has 0 saturated carbocycles. The van der Waals surface area contributed by atoms with Gasteiger partial charge in [-0.25, -0.2) is 0 Å². The van der Waals surface area contributed by atoms with E-state index in [1.807, 2.05) is 13.0 Å². The molecular weight excluding hydrogens is 214 g/mol. The number of hydrogen-bond acceptors (Lipinski definition) is 3. The minimum Gasteiger partial charge on any atom is -0.497 e. The maximum absolute atomic E-state index is 9.31. The quantitative estimate of drug-likeness (QED) is 0.833. The molecule has 0 spiro atoms. The molecule has 3 nitrogen and oxygen atoms in total. The molecule has 2 atom stereocenters. The van der Waals surface area contributed by atoms with Crippen molar-refractivity contribution in [3.05, 3.63) is 29.3 Å². The Morgan fingerprint density at radius 2 is 2.29 bits per heavy atom. The van der Waals surface area contributed by atoms with Crippen LogP contribution in [0.1, 0.15) is 30.9 Å². The molecule has 0 bridgehead atoms. The van der Waals surface area contributed by atoms with Crippen molar-refractivity contribution in [2.75, 3.05) is 13.7 Å². The summed E-state index contributed by atoms with van der Waals surface area (Å²) >= 11 is 0. The fourth-order valence-electron chi connectivity index (χ4n) is 3.02. The Hall–Kier alpha value is -1.06. The maximum Gasteiger partial charge on any atom is 0.119 e. The van der Waals surface area contributed by atoms with Crippen LogP contribution in [-0.2, 0) is 11.8 Å². The highest BCUT2D eigenvalue weighted by atomic mass is 16.5. The van der Waals surface area contributed by atoms with Crippen molar-refractivity contribution in [2.45, 2.75) is 37.6 Å². The number of aryl methyl sites for hydroxylation is 1. The average molecular weight is 235 g/mol. The van der Waals surface area contributed by atoms with Gasteiger partial charge in [-0.05, 0) is 49.4 Å². The first kappa shape index (κ1) is 12.4. The number of aliphatic hydroxyl groups excluding tert-OH is 1. The van der Waals surface area contributed by atoms with Crippen molar-refractivity contribution in [3.8, 4) is 5.75 Å². The van der Waals surface area contributed by atoms with Gasteiger partial charge in [-0.1, -0.05) is 6.07 Å². The van der Waals surface area contributed by atoms with Gasteiger partial charge in [0.05, 0.1) is 7.11 Å². The third-order valence-electron chi connectivity index (χ3n) is 4.12. The molecule has 94 valence electrons. The molecule has 1 aliphatic rings. The largest absolute Gasteiger partial charge is 0.497 e. The topological polar surface area (TPSA) is 55.5 Å². The fourth-order valence-corrected chi connectivity index (χ4v) is 3.02.